The Labute approximate surface area is 156 Å². The molecule has 3 rings (SSSR count). The summed E-state index contributed by atoms with van der Waals surface area (Å²) in [6, 6.07) is 14.0. The van der Waals surface area contributed by atoms with E-state index in [0.717, 1.165) is 5.39 Å². The van der Waals surface area contributed by atoms with Gasteiger partial charge in [-0.1, -0.05) is 25.1 Å². The number of rotatable bonds is 7. The van der Waals surface area contributed by atoms with Crippen molar-refractivity contribution in [2.45, 2.75) is 11.8 Å². The number of carbonyl (C=O) groups excluding carboxylic acids is 2. The van der Waals surface area contributed by atoms with Gasteiger partial charge in [0.1, 0.15) is 5.58 Å². The number of esters is 1. The number of hydrogen-bond acceptors (Lipinski definition) is 6. The molecule has 1 aromatic heterocycles. The largest absolute Gasteiger partial charge is 0.454 e. The highest BCUT2D eigenvalue weighted by Gasteiger charge is 2.17. The Morgan fingerprint density at radius 1 is 1.07 bits per heavy atom. The molecule has 0 fully saturated rings. The minimum Gasteiger partial charge on any atom is -0.454 e. The fourth-order valence-corrected chi connectivity index (χ4v) is 3.49. The average Bonchev–Trinajstić information content (AvgIpc) is 3.10. The van der Waals surface area contributed by atoms with Crippen molar-refractivity contribution >= 4 is 32.7 Å². The molecular weight excluding hydrogens is 370 g/mol. The van der Waals surface area contributed by atoms with Crippen molar-refractivity contribution in [1.82, 2.24) is 4.72 Å². The van der Waals surface area contributed by atoms with Crippen LogP contribution in [0.5, 0.6) is 0 Å². The van der Waals surface area contributed by atoms with Crippen molar-refractivity contribution < 1.29 is 27.2 Å². The number of ketones is 1. The van der Waals surface area contributed by atoms with Crippen LogP contribution in [0.25, 0.3) is 11.0 Å². The van der Waals surface area contributed by atoms with Crippen molar-refractivity contribution in [3.8, 4) is 0 Å². The van der Waals surface area contributed by atoms with Crippen molar-refractivity contribution in [3.63, 3.8) is 0 Å². The Morgan fingerprint density at radius 3 is 2.44 bits per heavy atom. The normalized spacial score (nSPS) is 11.4. The van der Waals surface area contributed by atoms with Gasteiger partial charge in [0.05, 0.1) is 10.5 Å². The zero-order valence-electron chi connectivity index (χ0n) is 14.5. The van der Waals surface area contributed by atoms with Crippen LogP contribution >= 0.6 is 0 Å². The fourth-order valence-electron chi connectivity index (χ4n) is 2.45. The van der Waals surface area contributed by atoms with E-state index in [-0.39, 0.29) is 22.8 Å². The summed E-state index contributed by atoms with van der Waals surface area (Å²) in [4.78, 5) is 24.3. The molecule has 8 heteroatoms. The summed E-state index contributed by atoms with van der Waals surface area (Å²) in [6.07, 6.45) is 0. The molecule has 0 amide bonds. The monoisotopic (exact) mass is 387 g/mol. The van der Waals surface area contributed by atoms with Crippen LogP contribution in [0.2, 0.25) is 0 Å². The summed E-state index contributed by atoms with van der Waals surface area (Å²) >= 11 is 0. The van der Waals surface area contributed by atoms with Crippen LogP contribution in [0, 0.1) is 0 Å². The van der Waals surface area contributed by atoms with Gasteiger partial charge < -0.3 is 9.15 Å². The van der Waals surface area contributed by atoms with Crippen LogP contribution in [-0.4, -0.2) is 33.3 Å². The van der Waals surface area contributed by atoms with Gasteiger partial charge in [-0.15, -0.1) is 0 Å². The van der Waals surface area contributed by atoms with Gasteiger partial charge in [-0.05, 0) is 36.4 Å². The Morgan fingerprint density at radius 2 is 1.78 bits per heavy atom. The molecule has 0 aliphatic rings. The second kappa shape index (κ2) is 7.73. The first-order chi connectivity index (χ1) is 12.9. The molecular formula is C19H17NO6S. The molecule has 140 valence electrons. The molecule has 0 saturated carbocycles. The maximum absolute atomic E-state index is 12.1. The van der Waals surface area contributed by atoms with Crippen LogP contribution < -0.4 is 4.72 Å². The molecule has 0 atom stereocenters. The Balaban J connectivity index is 1.64. The second-order valence-corrected chi connectivity index (χ2v) is 7.44. The summed E-state index contributed by atoms with van der Waals surface area (Å²) in [7, 11) is -3.60. The number of sulfonamides is 1. The lowest BCUT2D eigenvalue weighted by Crippen LogP contribution is -2.23. The predicted octanol–water partition coefficient (Wildman–Crippen LogP) is 2.77. The van der Waals surface area contributed by atoms with Crippen LogP contribution in [0.1, 0.15) is 27.8 Å². The molecule has 3 aromatic rings. The average molecular weight is 387 g/mol. The highest BCUT2D eigenvalue weighted by Crippen LogP contribution is 2.19. The van der Waals surface area contributed by atoms with Crippen molar-refractivity contribution in [2.75, 3.05) is 13.2 Å². The number of fused-ring (bicyclic) bond motifs is 1. The molecule has 0 aliphatic heterocycles. The number of nitrogens with one attached hydrogen (secondary N) is 1. The Hall–Kier alpha value is -2.97. The van der Waals surface area contributed by atoms with E-state index in [4.69, 9.17) is 9.15 Å². The van der Waals surface area contributed by atoms with Crippen molar-refractivity contribution in [1.29, 1.82) is 0 Å². The molecule has 0 unspecified atom stereocenters. The van der Waals surface area contributed by atoms with Crippen LogP contribution in [0.4, 0.5) is 0 Å². The Kier molecular flexibility index (Phi) is 5.38. The minimum absolute atomic E-state index is 0.0410. The zero-order chi connectivity index (χ0) is 19.4. The SMILES string of the molecule is CCNS(=O)(=O)c1ccc(C(=O)OCC(=O)c2cc3ccccc3o2)cc1. The van der Waals surface area contributed by atoms with Crippen molar-refractivity contribution in [3.05, 3.63) is 65.9 Å². The molecule has 0 saturated heterocycles. The molecule has 7 nitrogen and oxygen atoms in total. The minimum atomic E-state index is -3.60. The molecule has 0 bridgehead atoms. The molecule has 2 aromatic carbocycles. The highest BCUT2D eigenvalue weighted by molar-refractivity contribution is 7.89. The maximum atomic E-state index is 12.1. The van der Waals surface area contributed by atoms with E-state index in [9.17, 15) is 18.0 Å². The quantitative estimate of drug-likeness (QED) is 0.494. The van der Waals surface area contributed by atoms with E-state index in [0.29, 0.717) is 5.58 Å². The molecule has 0 radical (unpaired) electrons. The number of furan rings is 1. The van der Waals surface area contributed by atoms with Crippen LogP contribution in [0.15, 0.2) is 63.9 Å². The second-order valence-electron chi connectivity index (χ2n) is 5.67. The first kappa shape index (κ1) is 18.8. The third-order valence-electron chi connectivity index (χ3n) is 3.77. The zero-order valence-corrected chi connectivity index (χ0v) is 15.3. The standard InChI is InChI=1S/C19H17NO6S/c1-2-20-27(23,24)15-9-7-13(8-10-15)19(22)25-12-16(21)18-11-14-5-3-4-6-17(14)26-18/h3-11,20H,2,12H2,1H3. The lowest BCUT2D eigenvalue weighted by atomic mass is 10.2. The summed E-state index contributed by atoms with van der Waals surface area (Å²) in [5.74, 6) is -1.09. The predicted molar refractivity (Wildman–Crippen MR) is 98.1 cm³/mol. The number of hydrogen-bond donors (Lipinski definition) is 1. The first-order valence-electron chi connectivity index (χ1n) is 8.19. The van der Waals surface area contributed by atoms with Gasteiger partial charge >= 0.3 is 5.97 Å². The van der Waals surface area contributed by atoms with Crippen LogP contribution in [-0.2, 0) is 14.8 Å². The van der Waals surface area contributed by atoms with E-state index >= 15 is 0 Å². The van der Waals surface area contributed by atoms with Gasteiger partial charge in [0.15, 0.2) is 12.4 Å². The van der Waals surface area contributed by atoms with Crippen molar-refractivity contribution in [2.24, 2.45) is 0 Å². The lowest BCUT2D eigenvalue weighted by molar-refractivity contribution is 0.0468. The summed E-state index contributed by atoms with van der Waals surface area (Å²) < 4.78 is 36.5. The number of carbonyl (C=O) groups is 2. The van der Waals surface area contributed by atoms with Gasteiger partial charge in [0, 0.05) is 11.9 Å². The molecule has 1 heterocycles. The topological polar surface area (TPSA) is 103 Å². The molecule has 1 N–H and O–H groups in total. The van der Waals surface area contributed by atoms with E-state index in [1.807, 2.05) is 12.1 Å². The third-order valence-corrected chi connectivity index (χ3v) is 5.33. The lowest BCUT2D eigenvalue weighted by Gasteiger charge is -2.06. The van der Waals surface area contributed by atoms with Gasteiger partial charge in [0.25, 0.3) is 0 Å². The summed E-state index contributed by atoms with van der Waals surface area (Å²) in [5, 5.41) is 0.782. The molecule has 0 aliphatic carbocycles. The first-order valence-corrected chi connectivity index (χ1v) is 9.67. The van der Waals surface area contributed by atoms with E-state index < -0.39 is 28.4 Å². The van der Waals surface area contributed by atoms with E-state index in [1.54, 1.807) is 25.1 Å². The summed E-state index contributed by atoms with van der Waals surface area (Å²) in [6.45, 7) is 1.45. The number of para-hydroxylation sites is 1. The summed E-state index contributed by atoms with van der Waals surface area (Å²) in [5.41, 5.74) is 0.715. The maximum Gasteiger partial charge on any atom is 0.338 e. The number of benzene rings is 2. The fraction of sp³-hybridized carbons (Fsp3) is 0.158. The van der Waals surface area contributed by atoms with Crippen LogP contribution in [0.3, 0.4) is 0 Å². The van der Waals surface area contributed by atoms with E-state index in [2.05, 4.69) is 4.72 Å². The third kappa shape index (κ3) is 4.24. The molecule has 27 heavy (non-hydrogen) atoms. The smallest absolute Gasteiger partial charge is 0.338 e. The molecule has 0 spiro atoms. The van der Waals surface area contributed by atoms with Gasteiger partial charge in [-0.3, -0.25) is 4.79 Å². The highest BCUT2D eigenvalue weighted by atomic mass is 32.2. The number of Topliss-reactive ketones (excluding diaryl/α,β-unsaturated/α-hetero) is 1. The van der Waals surface area contributed by atoms with Gasteiger partial charge in [-0.2, -0.15) is 0 Å². The van der Waals surface area contributed by atoms with Gasteiger partial charge in [0.2, 0.25) is 15.8 Å². The Bertz CT molecular complexity index is 1050. The van der Waals surface area contributed by atoms with Gasteiger partial charge in [-0.25, -0.2) is 17.9 Å². The van der Waals surface area contributed by atoms with E-state index in [1.165, 1.54) is 24.3 Å². The number of ether oxygens (including phenoxy) is 1.